The lowest BCUT2D eigenvalue weighted by Gasteiger charge is -2.06. The van der Waals surface area contributed by atoms with Gasteiger partial charge in [0.1, 0.15) is 24.8 Å². The molecule has 0 fully saturated rings. The van der Waals surface area contributed by atoms with Crippen molar-refractivity contribution in [2.24, 2.45) is 14.1 Å². The van der Waals surface area contributed by atoms with Gasteiger partial charge in [-0.3, -0.25) is 4.18 Å². The van der Waals surface area contributed by atoms with Crippen molar-refractivity contribution >= 4 is 10.4 Å². The van der Waals surface area contributed by atoms with Crippen molar-refractivity contribution in [3.63, 3.8) is 0 Å². The second-order valence-corrected chi connectivity index (χ2v) is 10.8. The molecular formula is C28H55ClN4O4S. The van der Waals surface area contributed by atoms with Gasteiger partial charge in [0, 0.05) is 0 Å². The Morgan fingerprint density at radius 1 is 0.658 bits per heavy atom. The molecule has 0 radical (unpaired) electrons. The standard InChI is InChI=1S/C12H26O4S.2C8H15N2.ClH/c1-2-3-4-5-6-7-8-9-10-11-12-16-17(13,14)15;2*1-3-4-5-10-7-6-9(2)8-10;/h2-12H2,1H3,(H,13,14,15);2*6-8H,3-5H2,1-2H3;1H/q;2*+1;/p-2. The number of hydrogen-bond donors (Lipinski definition) is 0. The van der Waals surface area contributed by atoms with Crippen LogP contribution in [0.3, 0.4) is 0 Å². The minimum Gasteiger partial charge on any atom is -1.00 e. The summed E-state index contributed by atoms with van der Waals surface area (Å²) in [5, 5.41) is 0. The van der Waals surface area contributed by atoms with E-state index < -0.39 is 10.4 Å². The zero-order valence-corrected chi connectivity index (χ0v) is 26.3. The molecular weight excluding hydrogens is 524 g/mol. The molecule has 2 heterocycles. The summed E-state index contributed by atoms with van der Waals surface area (Å²) in [6, 6.07) is 0. The first kappa shape index (κ1) is 38.7. The molecule has 0 aliphatic carbocycles. The van der Waals surface area contributed by atoms with E-state index in [-0.39, 0.29) is 19.0 Å². The van der Waals surface area contributed by atoms with Crippen LogP contribution in [0.1, 0.15) is 111 Å². The van der Waals surface area contributed by atoms with Crippen LogP contribution in [0.4, 0.5) is 0 Å². The monoisotopic (exact) mass is 578 g/mol. The van der Waals surface area contributed by atoms with Gasteiger partial charge in [-0.2, -0.15) is 0 Å². The average molecular weight is 579 g/mol. The predicted octanol–water partition coefficient (Wildman–Crippen LogP) is 2.61. The van der Waals surface area contributed by atoms with E-state index in [0.29, 0.717) is 6.42 Å². The molecule has 0 unspecified atom stereocenters. The Morgan fingerprint density at radius 3 is 1.34 bits per heavy atom. The van der Waals surface area contributed by atoms with E-state index in [4.69, 9.17) is 0 Å². The molecule has 38 heavy (non-hydrogen) atoms. The third-order valence-corrected chi connectivity index (χ3v) is 6.37. The highest BCUT2D eigenvalue weighted by molar-refractivity contribution is 7.80. The third-order valence-electron chi connectivity index (χ3n) is 5.91. The smallest absolute Gasteiger partial charge is 0.243 e. The molecule has 0 saturated carbocycles. The van der Waals surface area contributed by atoms with Crippen molar-refractivity contribution in [3.8, 4) is 0 Å². The van der Waals surface area contributed by atoms with Crippen LogP contribution >= 0.6 is 0 Å². The highest BCUT2D eigenvalue weighted by atomic mass is 35.5. The summed E-state index contributed by atoms with van der Waals surface area (Å²) in [6.07, 6.45) is 29.3. The molecule has 0 atom stereocenters. The molecule has 2 aromatic heterocycles. The summed E-state index contributed by atoms with van der Waals surface area (Å²) in [5.74, 6) is 0. The first-order valence-corrected chi connectivity index (χ1v) is 15.7. The topological polar surface area (TPSA) is 84.1 Å². The maximum atomic E-state index is 10.1. The number of halogens is 1. The zero-order chi connectivity index (χ0) is 27.8. The summed E-state index contributed by atoms with van der Waals surface area (Å²) in [5.41, 5.74) is 0. The minimum absolute atomic E-state index is 0. The molecule has 0 aliphatic rings. The maximum Gasteiger partial charge on any atom is 0.243 e. The quantitative estimate of drug-likeness (QED) is 0.118. The summed E-state index contributed by atoms with van der Waals surface area (Å²) in [6.45, 7) is 8.97. The van der Waals surface area contributed by atoms with Crippen molar-refractivity contribution in [2.45, 2.75) is 124 Å². The highest BCUT2D eigenvalue weighted by Crippen LogP contribution is 2.10. The van der Waals surface area contributed by atoms with Gasteiger partial charge in [-0.05, 0) is 19.3 Å². The Hall–Kier alpha value is -1.42. The average Bonchev–Trinajstić information content (AvgIpc) is 3.47. The van der Waals surface area contributed by atoms with Crippen molar-refractivity contribution < 1.29 is 38.7 Å². The number of unbranched alkanes of at least 4 members (excludes halogenated alkanes) is 11. The Labute approximate surface area is 239 Å². The normalized spacial score (nSPS) is 10.7. The third kappa shape index (κ3) is 26.2. The first-order valence-electron chi connectivity index (χ1n) is 14.3. The van der Waals surface area contributed by atoms with Gasteiger partial charge in [0.2, 0.25) is 23.1 Å². The second kappa shape index (κ2) is 25.8. The number of nitrogens with zero attached hydrogens (tertiary/aromatic N) is 4. The van der Waals surface area contributed by atoms with E-state index in [1.165, 1.54) is 70.6 Å². The van der Waals surface area contributed by atoms with Crippen molar-refractivity contribution in [2.75, 3.05) is 6.61 Å². The zero-order valence-electron chi connectivity index (χ0n) is 24.7. The van der Waals surface area contributed by atoms with Gasteiger partial charge in [-0.15, -0.1) is 0 Å². The van der Waals surface area contributed by atoms with Gasteiger partial charge < -0.3 is 17.0 Å². The van der Waals surface area contributed by atoms with Gasteiger partial charge in [0.05, 0.1) is 33.8 Å². The molecule has 0 aliphatic heterocycles. The highest BCUT2D eigenvalue weighted by Gasteiger charge is 1.98. The van der Waals surface area contributed by atoms with Crippen LogP contribution in [-0.4, -0.2) is 28.7 Å². The Morgan fingerprint density at radius 2 is 1.03 bits per heavy atom. The van der Waals surface area contributed by atoms with Crippen LogP contribution < -0.4 is 21.5 Å². The SMILES string of the molecule is CCCCCCCCCCCCOS(=O)(=O)[O-].CCCCn1cc[n+](C)c1.CCCCn1cc[n+](C)c1.[Cl-]. The van der Waals surface area contributed by atoms with Crippen molar-refractivity contribution in [1.29, 1.82) is 0 Å². The van der Waals surface area contributed by atoms with Crippen LogP contribution in [0.2, 0.25) is 0 Å². The van der Waals surface area contributed by atoms with Crippen LogP contribution in [-0.2, 0) is 41.8 Å². The molecule has 10 heteroatoms. The summed E-state index contributed by atoms with van der Waals surface area (Å²) >= 11 is 0. The lowest BCUT2D eigenvalue weighted by molar-refractivity contribution is -0.671. The molecule has 2 rings (SSSR count). The Bertz CT molecular complexity index is 828. The van der Waals surface area contributed by atoms with Gasteiger partial charge >= 0.3 is 0 Å². The largest absolute Gasteiger partial charge is 1.00 e. The van der Waals surface area contributed by atoms with Crippen LogP contribution in [0.5, 0.6) is 0 Å². The van der Waals surface area contributed by atoms with Gasteiger partial charge in [0.15, 0.2) is 0 Å². The molecule has 0 aromatic carbocycles. The van der Waals surface area contributed by atoms with Crippen molar-refractivity contribution in [3.05, 3.63) is 37.4 Å². The summed E-state index contributed by atoms with van der Waals surface area (Å²) < 4.78 is 43.0. The first-order chi connectivity index (χ1) is 17.7. The lowest BCUT2D eigenvalue weighted by atomic mass is 10.1. The number of aromatic nitrogens is 4. The maximum absolute atomic E-state index is 10.1. The molecule has 0 amide bonds. The van der Waals surface area contributed by atoms with E-state index in [9.17, 15) is 13.0 Å². The number of imidazole rings is 2. The van der Waals surface area contributed by atoms with Gasteiger partial charge in [-0.25, -0.2) is 26.7 Å². The molecule has 2 aromatic rings. The minimum atomic E-state index is -4.48. The molecule has 0 N–H and O–H groups in total. The Balaban J connectivity index is 0. The van der Waals surface area contributed by atoms with Crippen LogP contribution in [0.25, 0.3) is 0 Å². The lowest BCUT2D eigenvalue weighted by Crippen LogP contribution is -3.00. The number of aryl methyl sites for hydroxylation is 4. The summed E-state index contributed by atoms with van der Waals surface area (Å²) in [4.78, 5) is 0. The molecule has 8 nitrogen and oxygen atoms in total. The predicted molar refractivity (Wildman–Crippen MR) is 149 cm³/mol. The molecule has 0 spiro atoms. The van der Waals surface area contributed by atoms with Gasteiger partial charge in [-0.1, -0.05) is 91.4 Å². The van der Waals surface area contributed by atoms with E-state index in [0.717, 1.165) is 25.9 Å². The van der Waals surface area contributed by atoms with Crippen molar-refractivity contribution in [1.82, 2.24) is 9.13 Å². The fraction of sp³-hybridized carbons (Fsp3) is 0.786. The molecule has 0 bridgehead atoms. The van der Waals surface area contributed by atoms with E-state index in [1.807, 2.05) is 14.1 Å². The Kier molecular flexibility index (Phi) is 26.3. The van der Waals surface area contributed by atoms with Gasteiger partial charge in [0.25, 0.3) is 0 Å². The number of hydrogen-bond acceptors (Lipinski definition) is 4. The number of rotatable bonds is 18. The fourth-order valence-corrected chi connectivity index (χ4v) is 4.02. The van der Waals surface area contributed by atoms with Crippen LogP contribution in [0.15, 0.2) is 37.4 Å². The van der Waals surface area contributed by atoms with Crippen LogP contribution in [0, 0.1) is 0 Å². The second-order valence-electron chi connectivity index (χ2n) is 9.75. The van der Waals surface area contributed by atoms with E-state index in [1.54, 1.807) is 0 Å². The molecule has 224 valence electrons. The fourth-order valence-electron chi connectivity index (χ4n) is 3.70. The molecule has 0 saturated heterocycles. The summed E-state index contributed by atoms with van der Waals surface area (Å²) in [7, 11) is -0.396. The van der Waals surface area contributed by atoms with E-state index in [2.05, 4.69) is 80.7 Å². The van der Waals surface area contributed by atoms with E-state index >= 15 is 0 Å².